The fraction of sp³-hybridized carbons (Fsp3) is 0.133. The van der Waals surface area contributed by atoms with Gasteiger partial charge in [-0.05, 0) is 28.8 Å². The Bertz CT molecular complexity index is 668. The van der Waals surface area contributed by atoms with E-state index in [1.807, 2.05) is 0 Å². The molecule has 0 spiro atoms. The predicted octanol–water partition coefficient (Wildman–Crippen LogP) is 2.77. The Hall–Kier alpha value is -2.54. The molecular weight excluding hydrogens is 299 g/mol. The number of nitrogens with two attached hydrogens (primary N) is 1. The third kappa shape index (κ3) is 3.76. The Kier molecular flexibility index (Phi) is 4.37. The molecule has 0 aromatic heterocycles. The van der Waals surface area contributed by atoms with Crippen LogP contribution in [0.3, 0.4) is 0 Å². The van der Waals surface area contributed by atoms with Gasteiger partial charge in [0.05, 0.1) is 0 Å². The van der Waals surface area contributed by atoms with Crippen molar-refractivity contribution < 1.29 is 27.8 Å². The summed E-state index contributed by atoms with van der Waals surface area (Å²) in [6.07, 6.45) is -6.26. The van der Waals surface area contributed by atoms with E-state index in [1.54, 1.807) is 18.2 Å². The van der Waals surface area contributed by atoms with E-state index < -0.39 is 18.4 Å². The molecule has 0 saturated heterocycles. The number of rotatable bonds is 4. The predicted molar refractivity (Wildman–Crippen MR) is 72.7 cm³/mol. The molecule has 0 aliphatic carbocycles. The van der Waals surface area contributed by atoms with Crippen molar-refractivity contribution in [2.75, 3.05) is 0 Å². The number of hydrogen-bond donors (Lipinski definition) is 2. The van der Waals surface area contributed by atoms with E-state index in [2.05, 4.69) is 4.74 Å². The Balaban J connectivity index is 2.35. The molecule has 0 saturated carbocycles. The SMILES string of the molecule is NC(=O)C(O)c1ccccc1-c1ccc(OC(F)(F)F)cc1. The summed E-state index contributed by atoms with van der Waals surface area (Å²) in [6.45, 7) is 0. The summed E-state index contributed by atoms with van der Waals surface area (Å²) in [5, 5.41) is 9.80. The molecule has 0 heterocycles. The first-order chi connectivity index (χ1) is 10.3. The lowest BCUT2D eigenvalue weighted by Crippen LogP contribution is -2.21. The van der Waals surface area contributed by atoms with Gasteiger partial charge in [0.1, 0.15) is 5.75 Å². The quantitative estimate of drug-likeness (QED) is 0.912. The molecule has 0 aliphatic rings. The first-order valence-electron chi connectivity index (χ1n) is 6.20. The zero-order chi connectivity index (χ0) is 16.3. The van der Waals surface area contributed by atoms with Crippen molar-refractivity contribution in [1.82, 2.24) is 0 Å². The number of amides is 1. The third-order valence-electron chi connectivity index (χ3n) is 2.92. The number of aliphatic hydroxyl groups is 1. The van der Waals surface area contributed by atoms with Gasteiger partial charge in [0.2, 0.25) is 0 Å². The van der Waals surface area contributed by atoms with E-state index in [0.717, 1.165) is 12.1 Å². The summed E-state index contributed by atoms with van der Waals surface area (Å²) in [7, 11) is 0. The minimum atomic E-state index is -4.76. The van der Waals surface area contributed by atoms with Gasteiger partial charge in [0, 0.05) is 0 Å². The summed E-state index contributed by atoms with van der Waals surface area (Å²) >= 11 is 0. The van der Waals surface area contributed by atoms with E-state index in [-0.39, 0.29) is 11.3 Å². The standard InChI is InChI=1S/C15H12F3NO3/c16-15(17,18)22-10-7-5-9(6-8-10)11-3-1-2-4-12(11)13(20)14(19)21/h1-8,13,20H,(H2,19,21). The van der Waals surface area contributed by atoms with Crippen molar-refractivity contribution in [3.05, 3.63) is 54.1 Å². The van der Waals surface area contributed by atoms with E-state index >= 15 is 0 Å². The molecule has 0 aliphatic heterocycles. The molecule has 4 nitrogen and oxygen atoms in total. The molecule has 0 bridgehead atoms. The second-order valence-electron chi connectivity index (χ2n) is 4.46. The average Bonchev–Trinajstić information content (AvgIpc) is 2.45. The highest BCUT2D eigenvalue weighted by molar-refractivity contribution is 5.83. The van der Waals surface area contributed by atoms with E-state index in [1.165, 1.54) is 18.2 Å². The lowest BCUT2D eigenvalue weighted by atomic mass is 9.96. The van der Waals surface area contributed by atoms with Gasteiger partial charge in [-0.1, -0.05) is 36.4 Å². The fourth-order valence-electron chi connectivity index (χ4n) is 1.99. The Morgan fingerprint density at radius 2 is 1.68 bits per heavy atom. The number of hydrogen-bond acceptors (Lipinski definition) is 3. The number of benzene rings is 2. The lowest BCUT2D eigenvalue weighted by molar-refractivity contribution is -0.274. The van der Waals surface area contributed by atoms with Crippen LogP contribution < -0.4 is 10.5 Å². The Morgan fingerprint density at radius 1 is 1.09 bits per heavy atom. The summed E-state index contributed by atoms with van der Waals surface area (Å²) < 4.78 is 40.1. The van der Waals surface area contributed by atoms with Crippen molar-refractivity contribution >= 4 is 5.91 Å². The average molecular weight is 311 g/mol. The van der Waals surface area contributed by atoms with Crippen LogP contribution in [0.25, 0.3) is 11.1 Å². The van der Waals surface area contributed by atoms with Crippen LogP contribution >= 0.6 is 0 Å². The Morgan fingerprint density at radius 3 is 2.23 bits per heavy atom. The summed E-state index contributed by atoms with van der Waals surface area (Å²) in [6, 6.07) is 11.5. The molecule has 22 heavy (non-hydrogen) atoms. The molecule has 2 rings (SSSR count). The van der Waals surface area contributed by atoms with Crippen LogP contribution in [0.5, 0.6) is 5.75 Å². The molecule has 1 amide bonds. The van der Waals surface area contributed by atoms with Gasteiger partial charge in [-0.3, -0.25) is 4.79 Å². The largest absolute Gasteiger partial charge is 0.573 e. The van der Waals surface area contributed by atoms with Crippen molar-refractivity contribution in [2.24, 2.45) is 5.73 Å². The molecular formula is C15H12F3NO3. The molecule has 1 atom stereocenters. The highest BCUT2D eigenvalue weighted by Crippen LogP contribution is 2.30. The number of carbonyl (C=O) groups excluding carboxylic acids is 1. The van der Waals surface area contributed by atoms with Crippen molar-refractivity contribution in [3.8, 4) is 16.9 Å². The zero-order valence-electron chi connectivity index (χ0n) is 11.2. The molecule has 0 fully saturated rings. The first kappa shape index (κ1) is 15.8. The molecule has 0 radical (unpaired) electrons. The summed E-state index contributed by atoms with van der Waals surface area (Å²) in [4.78, 5) is 11.1. The Labute approximate surface area is 123 Å². The van der Waals surface area contributed by atoms with Crippen molar-refractivity contribution in [2.45, 2.75) is 12.5 Å². The maximum atomic E-state index is 12.1. The molecule has 3 N–H and O–H groups in total. The molecule has 2 aromatic carbocycles. The first-order valence-corrected chi connectivity index (χ1v) is 6.20. The lowest BCUT2D eigenvalue weighted by Gasteiger charge is -2.14. The van der Waals surface area contributed by atoms with Crippen molar-refractivity contribution in [1.29, 1.82) is 0 Å². The fourth-order valence-corrected chi connectivity index (χ4v) is 1.99. The highest BCUT2D eigenvalue weighted by atomic mass is 19.4. The number of carbonyl (C=O) groups is 1. The van der Waals surface area contributed by atoms with E-state index in [9.17, 15) is 23.1 Å². The minimum absolute atomic E-state index is 0.277. The van der Waals surface area contributed by atoms with Crippen LogP contribution in [0.2, 0.25) is 0 Å². The number of alkyl halides is 3. The van der Waals surface area contributed by atoms with Gasteiger partial charge < -0.3 is 15.6 Å². The van der Waals surface area contributed by atoms with E-state index in [0.29, 0.717) is 11.1 Å². The second-order valence-corrected chi connectivity index (χ2v) is 4.46. The monoisotopic (exact) mass is 311 g/mol. The molecule has 7 heteroatoms. The summed E-state index contributed by atoms with van der Waals surface area (Å²) in [5.74, 6) is -1.27. The van der Waals surface area contributed by atoms with E-state index in [4.69, 9.17) is 5.73 Å². The van der Waals surface area contributed by atoms with Crippen LogP contribution in [0.4, 0.5) is 13.2 Å². The third-order valence-corrected chi connectivity index (χ3v) is 2.92. The van der Waals surface area contributed by atoms with Crippen LogP contribution in [0, 0.1) is 0 Å². The molecule has 116 valence electrons. The van der Waals surface area contributed by atoms with Gasteiger partial charge in [-0.25, -0.2) is 0 Å². The topological polar surface area (TPSA) is 72.6 Å². The second kappa shape index (κ2) is 6.07. The van der Waals surface area contributed by atoms with Crippen LogP contribution in [-0.2, 0) is 4.79 Å². The van der Waals surface area contributed by atoms with Crippen LogP contribution in [-0.4, -0.2) is 17.4 Å². The van der Waals surface area contributed by atoms with Gasteiger partial charge in [-0.15, -0.1) is 13.2 Å². The summed E-state index contributed by atoms with van der Waals surface area (Å²) in [5.41, 5.74) is 6.36. The number of halogens is 3. The number of ether oxygens (including phenoxy) is 1. The highest BCUT2D eigenvalue weighted by Gasteiger charge is 2.31. The van der Waals surface area contributed by atoms with Crippen molar-refractivity contribution in [3.63, 3.8) is 0 Å². The van der Waals surface area contributed by atoms with Gasteiger partial charge in [0.25, 0.3) is 5.91 Å². The number of primary amides is 1. The maximum absolute atomic E-state index is 12.1. The molecule has 1 unspecified atom stereocenters. The van der Waals surface area contributed by atoms with Gasteiger partial charge >= 0.3 is 6.36 Å². The number of aliphatic hydroxyl groups excluding tert-OH is 1. The maximum Gasteiger partial charge on any atom is 0.573 e. The normalized spacial score (nSPS) is 12.7. The smallest absolute Gasteiger partial charge is 0.406 e. The van der Waals surface area contributed by atoms with Crippen LogP contribution in [0.15, 0.2) is 48.5 Å². The van der Waals surface area contributed by atoms with Gasteiger partial charge in [0.15, 0.2) is 6.10 Å². The van der Waals surface area contributed by atoms with Gasteiger partial charge in [-0.2, -0.15) is 0 Å². The molecule has 2 aromatic rings. The zero-order valence-corrected chi connectivity index (χ0v) is 11.2. The minimum Gasteiger partial charge on any atom is -0.406 e. The van der Waals surface area contributed by atoms with Crippen LogP contribution in [0.1, 0.15) is 11.7 Å².